The number of anilines is 2. The second-order valence-electron chi connectivity index (χ2n) is 6.08. The molecule has 1 heterocycles. The minimum Gasteiger partial charge on any atom is -0.368 e. The Balaban J connectivity index is 1.78. The summed E-state index contributed by atoms with van der Waals surface area (Å²) in [5.41, 5.74) is 4.04. The largest absolute Gasteiger partial charge is 0.368 e. The second kappa shape index (κ2) is 6.47. The molecular weight excluding hydrogens is 309 g/mol. The zero-order valence-corrected chi connectivity index (χ0v) is 13.8. The molecule has 5 nitrogen and oxygen atoms in total. The third-order valence-corrected chi connectivity index (χ3v) is 4.67. The first-order valence-electron chi connectivity index (χ1n) is 7.97. The van der Waals surface area contributed by atoms with Gasteiger partial charge in [0, 0.05) is 31.9 Å². The first kappa shape index (κ1) is 16.2. The van der Waals surface area contributed by atoms with Crippen LogP contribution < -0.4 is 9.80 Å². The van der Waals surface area contributed by atoms with Crippen LogP contribution in [-0.4, -0.2) is 31.1 Å². The van der Waals surface area contributed by atoms with E-state index in [1.54, 1.807) is 0 Å². The van der Waals surface area contributed by atoms with Crippen LogP contribution in [0, 0.1) is 29.8 Å². The highest BCUT2D eigenvalue weighted by molar-refractivity contribution is 5.65. The smallest absolute Gasteiger partial charge is 0.295 e. The van der Waals surface area contributed by atoms with Crippen LogP contribution in [0.4, 0.5) is 21.5 Å². The lowest BCUT2D eigenvalue weighted by Gasteiger charge is -2.38. The molecule has 0 aromatic heterocycles. The molecule has 0 radical (unpaired) electrons. The number of halogens is 1. The van der Waals surface area contributed by atoms with Crippen molar-refractivity contribution in [2.24, 2.45) is 0 Å². The molecule has 0 bridgehead atoms. The summed E-state index contributed by atoms with van der Waals surface area (Å²) in [6.45, 7) is 7.09. The molecule has 0 amide bonds. The fraction of sp³-hybridized carbons (Fsp3) is 0.333. The van der Waals surface area contributed by atoms with E-state index in [-0.39, 0.29) is 5.69 Å². The Morgan fingerprint density at radius 2 is 1.62 bits per heavy atom. The summed E-state index contributed by atoms with van der Waals surface area (Å²) in [5, 5.41) is 11.2. The van der Waals surface area contributed by atoms with Gasteiger partial charge in [-0.1, -0.05) is 12.1 Å². The molecule has 0 aliphatic carbocycles. The number of nitrogens with zero attached hydrogens (tertiary/aromatic N) is 3. The Morgan fingerprint density at radius 1 is 1.00 bits per heavy atom. The average molecular weight is 329 g/mol. The van der Waals surface area contributed by atoms with Gasteiger partial charge in [-0.15, -0.1) is 0 Å². The van der Waals surface area contributed by atoms with Crippen LogP contribution in [0.1, 0.15) is 11.1 Å². The van der Waals surface area contributed by atoms with Gasteiger partial charge in [0.05, 0.1) is 11.0 Å². The van der Waals surface area contributed by atoms with Crippen LogP contribution in [0.3, 0.4) is 0 Å². The zero-order chi connectivity index (χ0) is 17.3. The molecule has 1 aliphatic heterocycles. The molecule has 2 aromatic carbocycles. The molecule has 3 rings (SSSR count). The third-order valence-electron chi connectivity index (χ3n) is 4.67. The molecule has 0 spiro atoms. The summed E-state index contributed by atoms with van der Waals surface area (Å²) in [6, 6.07) is 10.0. The number of hydrogen-bond donors (Lipinski definition) is 0. The van der Waals surface area contributed by atoms with Crippen LogP contribution in [-0.2, 0) is 0 Å². The van der Waals surface area contributed by atoms with E-state index in [0.29, 0.717) is 18.8 Å². The van der Waals surface area contributed by atoms with Gasteiger partial charge in [0.1, 0.15) is 11.5 Å². The van der Waals surface area contributed by atoms with Gasteiger partial charge in [0.15, 0.2) is 0 Å². The summed E-state index contributed by atoms with van der Waals surface area (Å²) in [4.78, 5) is 14.9. The van der Waals surface area contributed by atoms with Gasteiger partial charge in [-0.2, -0.15) is 0 Å². The van der Waals surface area contributed by atoms with Crippen molar-refractivity contribution < 1.29 is 9.31 Å². The zero-order valence-electron chi connectivity index (χ0n) is 13.8. The normalized spacial score (nSPS) is 14.8. The highest BCUT2D eigenvalue weighted by Crippen LogP contribution is 2.31. The lowest BCUT2D eigenvalue weighted by atomic mass is 10.1. The predicted molar refractivity (Wildman–Crippen MR) is 93.4 cm³/mol. The van der Waals surface area contributed by atoms with E-state index >= 15 is 0 Å². The standard InChI is InChI=1S/C18H20FN3O2/c1-13-4-3-5-16(14(13)2)20-8-10-21(11-9-20)17-7-6-15(19)12-18(17)22(23)24/h3-7,12H,8-11H2,1-2H3. The minimum atomic E-state index is -0.584. The average Bonchev–Trinajstić information content (AvgIpc) is 2.57. The van der Waals surface area contributed by atoms with Crippen LogP contribution in [0.25, 0.3) is 0 Å². The number of nitro groups is 1. The summed E-state index contributed by atoms with van der Waals surface area (Å²) < 4.78 is 13.3. The van der Waals surface area contributed by atoms with Gasteiger partial charge < -0.3 is 9.80 Å². The SMILES string of the molecule is Cc1cccc(N2CCN(c3ccc(F)cc3[N+](=O)[O-])CC2)c1C. The summed E-state index contributed by atoms with van der Waals surface area (Å²) in [6.07, 6.45) is 0. The van der Waals surface area contributed by atoms with Gasteiger partial charge in [-0.3, -0.25) is 10.1 Å². The van der Waals surface area contributed by atoms with Gasteiger partial charge in [-0.25, -0.2) is 4.39 Å². The van der Waals surface area contributed by atoms with Crippen molar-refractivity contribution >= 4 is 17.1 Å². The molecule has 0 N–H and O–H groups in total. The van der Waals surface area contributed by atoms with E-state index in [0.717, 1.165) is 19.2 Å². The molecule has 0 atom stereocenters. The van der Waals surface area contributed by atoms with Crippen molar-refractivity contribution in [1.29, 1.82) is 0 Å². The number of hydrogen-bond acceptors (Lipinski definition) is 4. The maximum atomic E-state index is 13.3. The van der Waals surface area contributed by atoms with Crippen molar-refractivity contribution in [2.75, 3.05) is 36.0 Å². The van der Waals surface area contributed by atoms with Gasteiger partial charge in [-0.05, 0) is 43.2 Å². The second-order valence-corrected chi connectivity index (χ2v) is 6.08. The monoisotopic (exact) mass is 329 g/mol. The Kier molecular flexibility index (Phi) is 4.38. The van der Waals surface area contributed by atoms with Gasteiger partial charge in [0.25, 0.3) is 5.69 Å². The van der Waals surface area contributed by atoms with Crippen LogP contribution >= 0.6 is 0 Å². The summed E-state index contributed by atoms with van der Waals surface area (Å²) in [7, 11) is 0. The van der Waals surface area contributed by atoms with E-state index in [2.05, 4.69) is 36.9 Å². The van der Waals surface area contributed by atoms with E-state index in [4.69, 9.17) is 0 Å². The Morgan fingerprint density at radius 3 is 2.25 bits per heavy atom. The third kappa shape index (κ3) is 3.04. The number of aryl methyl sites for hydroxylation is 1. The van der Waals surface area contributed by atoms with Crippen LogP contribution in [0.5, 0.6) is 0 Å². The highest BCUT2D eigenvalue weighted by Gasteiger charge is 2.25. The maximum absolute atomic E-state index is 13.3. The molecule has 1 aliphatic rings. The molecule has 2 aromatic rings. The molecular formula is C18H20FN3O2. The molecule has 0 saturated carbocycles. The Bertz CT molecular complexity index is 771. The Hall–Kier alpha value is -2.63. The molecule has 1 fully saturated rings. The van der Waals surface area contributed by atoms with Crippen molar-refractivity contribution in [3.05, 3.63) is 63.5 Å². The fourth-order valence-electron chi connectivity index (χ4n) is 3.18. The van der Waals surface area contributed by atoms with Gasteiger partial charge >= 0.3 is 0 Å². The maximum Gasteiger partial charge on any atom is 0.295 e. The van der Waals surface area contributed by atoms with E-state index in [1.165, 1.54) is 28.9 Å². The molecule has 0 unspecified atom stereocenters. The Labute approximate surface area is 140 Å². The van der Waals surface area contributed by atoms with E-state index in [9.17, 15) is 14.5 Å². The minimum absolute atomic E-state index is 0.171. The molecule has 126 valence electrons. The number of benzene rings is 2. The lowest BCUT2D eigenvalue weighted by Crippen LogP contribution is -2.47. The summed E-state index contributed by atoms with van der Waals surface area (Å²) in [5.74, 6) is -0.584. The van der Waals surface area contributed by atoms with E-state index in [1.807, 2.05) is 4.90 Å². The quantitative estimate of drug-likeness (QED) is 0.637. The topological polar surface area (TPSA) is 49.6 Å². The van der Waals surface area contributed by atoms with Crippen molar-refractivity contribution in [3.8, 4) is 0 Å². The van der Waals surface area contributed by atoms with Crippen molar-refractivity contribution in [3.63, 3.8) is 0 Å². The first-order chi connectivity index (χ1) is 11.5. The van der Waals surface area contributed by atoms with Gasteiger partial charge in [0.2, 0.25) is 0 Å². The number of piperazine rings is 1. The molecule has 6 heteroatoms. The van der Waals surface area contributed by atoms with Crippen LogP contribution in [0.15, 0.2) is 36.4 Å². The number of nitro benzene ring substituents is 1. The molecule has 24 heavy (non-hydrogen) atoms. The highest BCUT2D eigenvalue weighted by atomic mass is 19.1. The first-order valence-corrected chi connectivity index (χ1v) is 7.97. The summed E-state index contributed by atoms with van der Waals surface area (Å²) >= 11 is 0. The van der Waals surface area contributed by atoms with Crippen LogP contribution in [0.2, 0.25) is 0 Å². The lowest BCUT2D eigenvalue weighted by molar-refractivity contribution is -0.384. The predicted octanol–water partition coefficient (Wildman–Crippen LogP) is 3.68. The fourth-order valence-corrected chi connectivity index (χ4v) is 3.18. The molecule has 1 saturated heterocycles. The van der Waals surface area contributed by atoms with Crippen molar-refractivity contribution in [2.45, 2.75) is 13.8 Å². The van der Waals surface area contributed by atoms with E-state index < -0.39 is 10.7 Å². The number of rotatable bonds is 3. The van der Waals surface area contributed by atoms with Crippen molar-refractivity contribution in [1.82, 2.24) is 0 Å².